The maximum absolute atomic E-state index is 12.7. The molecule has 0 bridgehead atoms. The van der Waals surface area contributed by atoms with Gasteiger partial charge in [-0.15, -0.1) is 0 Å². The van der Waals surface area contributed by atoms with Gasteiger partial charge in [-0.3, -0.25) is 4.79 Å². The Morgan fingerprint density at radius 3 is 2.24 bits per heavy atom. The van der Waals surface area contributed by atoms with Crippen LogP contribution in [0.15, 0.2) is 0 Å². The van der Waals surface area contributed by atoms with Crippen molar-refractivity contribution in [1.29, 1.82) is 0 Å². The number of rotatable bonds is 3. The lowest BCUT2D eigenvalue weighted by Crippen LogP contribution is -2.68. The lowest BCUT2D eigenvalue weighted by molar-refractivity contribution is -0.258. The largest absolute Gasteiger partial charge is 0.418 e. The first-order valence-corrected chi connectivity index (χ1v) is 7.27. The van der Waals surface area contributed by atoms with Crippen LogP contribution in [0, 0.1) is 11.3 Å². The molecule has 4 nitrogen and oxygen atoms in total. The molecular weight excluding hydrogens is 285 g/mol. The molecule has 2 saturated heterocycles. The molecule has 1 amide bonds. The quantitative estimate of drug-likeness (QED) is 0.778. The van der Waals surface area contributed by atoms with Crippen LogP contribution in [-0.4, -0.2) is 53.4 Å². The van der Waals surface area contributed by atoms with Crippen molar-refractivity contribution >= 4 is 5.91 Å². The van der Waals surface area contributed by atoms with Crippen LogP contribution in [-0.2, 0) is 4.79 Å². The predicted octanol–water partition coefficient (Wildman–Crippen LogP) is 1.54. The lowest BCUT2D eigenvalue weighted by atomic mass is 9.68. The zero-order valence-electron chi connectivity index (χ0n) is 12.6. The van der Waals surface area contributed by atoms with Gasteiger partial charge in [0.05, 0.1) is 5.41 Å². The van der Waals surface area contributed by atoms with Crippen LogP contribution >= 0.6 is 0 Å². The van der Waals surface area contributed by atoms with Gasteiger partial charge in [-0.25, -0.2) is 0 Å². The number of hydrogen-bond donors (Lipinski definition) is 2. The minimum atomic E-state index is -4.62. The number of hydrogen-bond acceptors (Lipinski definition) is 3. The molecule has 0 aromatic heterocycles. The van der Waals surface area contributed by atoms with E-state index in [1.165, 1.54) is 0 Å². The number of nitrogens with zero attached hydrogens (tertiary/aromatic N) is 1. The number of β-amino-alcohol motifs (C(OH)–C–C–N with tert-alkyl or cyclic N) is 1. The Kier molecular flexibility index (Phi) is 4.04. The van der Waals surface area contributed by atoms with Gasteiger partial charge in [-0.2, -0.15) is 13.2 Å². The Hall–Kier alpha value is -0.820. The van der Waals surface area contributed by atoms with Crippen LogP contribution in [0.3, 0.4) is 0 Å². The van der Waals surface area contributed by atoms with Gasteiger partial charge in [-0.05, 0) is 52.6 Å². The van der Waals surface area contributed by atoms with Gasteiger partial charge in [0.25, 0.3) is 0 Å². The van der Waals surface area contributed by atoms with Gasteiger partial charge in [0.1, 0.15) is 0 Å². The number of amides is 1. The average molecular weight is 308 g/mol. The fourth-order valence-electron chi connectivity index (χ4n) is 3.25. The third-order valence-corrected chi connectivity index (χ3v) is 4.90. The Bertz CT molecular complexity index is 413. The van der Waals surface area contributed by atoms with Crippen molar-refractivity contribution < 1.29 is 23.1 Å². The first-order valence-electron chi connectivity index (χ1n) is 7.27. The van der Waals surface area contributed by atoms with E-state index in [0.29, 0.717) is 19.0 Å². The Labute approximate surface area is 122 Å². The van der Waals surface area contributed by atoms with Gasteiger partial charge in [0.15, 0.2) is 5.60 Å². The summed E-state index contributed by atoms with van der Waals surface area (Å²) in [5, 5.41) is 12.4. The van der Waals surface area contributed by atoms with Crippen molar-refractivity contribution in [3.05, 3.63) is 0 Å². The molecule has 122 valence electrons. The second kappa shape index (κ2) is 5.12. The standard InChI is InChI=1S/C14H23F3N2O2/c1-12(2)10(18-11(12)20)9-4-6-19(7-5-9)8-13(3,21)14(15,16)17/h9-10,21H,4-8H2,1-3H3,(H,18,20)/t10-,13+/m1/s1. The summed E-state index contributed by atoms with van der Waals surface area (Å²) in [4.78, 5) is 13.1. The molecule has 2 atom stereocenters. The predicted molar refractivity (Wildman–Crippen MR) is 71.6 cm³/mol. The van der Waals surface area contributed by atoms with Crippen molar-refractivity contribution in [3.8, 4) is 0 Å². The SMILES string of the molecule is CC1(C)C(=O)N[C@@H]1C1CCN(C[C@](C)(O)C(F)(F)F)CC1. The van der Waals surface area contributed by atoms with Crippen molar-refractivity contribution in [2.45, 2.75) is 51.4 Å². The van der Waals surface area contributed by atoms with E-state index in [9.17, 15) is 23.1 Å². The number of aliphatic hydroxyl groups is 1. The fraction of sp³-hybridized carbons (Fsp3) is 0.929. The summed E-state index contributed by atoms with van der Waals surface area (Å²) < 4.78 is 38.0. The van der Waals surface area contributed by atoms with Gasteiger partial charge in [-0.1, -0.05) is 0 Å². The van der Waals surface area contributed by atoms with Crippen LogP contribution < -0.4 is 5.32 Å². The van der Waals surface area contributed by atoms with Crippen molar-refractivity contribution in [2.24, 2.45) is 11.3 Å². The Morgan fingerprint density at radius 2 is 1.86 bits per heavy atom. The Balaban J connectivity index is 1.86. The van der Waals surface area contributed by atoms with E-state index in [4.69, 9.17) is 0 Å². The Morgan fingerprint density at radius 1 is 1.33 bits per heavy atom. The maximum atomic E-state index is 12.7. The molecule has 21 heavy (non-hydrogen) atoms. The number of likely N-dealkylation sites (tertiary alicyclic amines) is 1. The summed E-state index contributed by atoms with van der Waals surface area (Å²) in [5.41, 5.74) is -3.06. The number of carbonyl (C=O) groups excluding carboxylic acids is 1. The molecule has 0 aromatic rings. The van der Waals surface area contributed by atoms with Crippen LogP contribution in [0.4, 0.5) is 13.2 Å². The van der Waals surface area contributed by atoms with Gasteiger partial charge >= 0.3 is 6.18 Å². The highest BCUT2D eigenvalue weighted by atomic mass is 19.4. The van der Waals surface area contributed by atoms with E-state index in [1.807, 2.05) is 13.8 Å². The monoisotopic (exact) mass is 308 g/mol. The summed E-state index contributed by atoms with van der Waals surface area (Å²) in [6, 6.07) is 0.107. The third kappa shape index (κ3) is 3.04. The molecule has 2 heterocycles. The number of β-lactam (4-membered cyclic amide) rings is 1. The molecule has 2 fully saturated rings. The molecule has 2 aliphatic rings. The molecule has 2 N–H and O–H groups in total. The first-order chi connectivity index (χ1) is 9.45. The lowest BCUT2D eigenvalue weighted by Gasteiger charge is -2.50. The molecule has 0 unspecified atom stereocenters. The first kappa shape index (κ1) is 16.5. The number of carbonyl (C=O) groups is 1. The fourth-order valence-corrected chi connectivity index (χ4v) is 3.25. The van der Waals surface area contributed by atoms with E-state index in [1.54, 1.807) is 4.90 Å². The van der Waals surface area contributed by atoms with Crippen molar-refractivity contribution in [3.63, 3.8) is 0 Å². The summed E-state index contributed by atoms with van der Waals surface area (Å²) in [6.45, 7) is 5.24. The van der Waals surface area contributed by atoms with Crippen LogP contribution in [0.25, 0.3) is 0 Å². The zero-order chi connectivity index (χ0) is 16.1. The molecule has 0 radical (unpaired) electrons. The molecule has 0 aromatic carbocycles. The molecule has 0 spiro atoms. The van der Waals surface area contributed by atoms with Crippen LogP contribution in [0.1, 0.15) is 33.6 Å². The highest BCUT2D eigenvalue weighted by Crippen LogP contribution is 2.39. The number of alkyl halides is 3. The van der Waals surface area contributed by atoms with Crippen molar-refractivity contribution in [2.75, 3.05) is 19.6 Å². The number of nitrogens with one attached hydrogen (secondary N) is 1. The van der Waals surface area contributed by atoms with Crippen molar-refractivity contribution in [1.82, 2.24) is 10.2 Å². The second-order valence-corrected chi connectivity index (χ2v) is 7.06. The molecule has 2 rings (SSSR count). The minimum absolute atomic E-state index is 0.0370. The third-order valence-electron chi connectivity index (χ3n) is 4.90. The maximum Gasteiger partial charge on any atom is 0.418 e. The van der Waals surface area contributed by atoms with Gasteiger partial charge < -0.3 is 15.3 Å². The average Bonchev–Trinajstić information content (AvgIpc) is 2.35. The van der Waals surface area contributed by atoms with Crippen LogP contribution in [0.5, 0.6) is 0 Å². The van der Waals surface area contributed by atoms with Crippen LogP contribution in [0.2, 0.25) is 0 Å². The summed E-state index contributed by atoms with van der Waals surface area (Å²) >= 11 is 0. The molecule has 0 aliphatic carbocycles. The van der Waals surface area contributed by atoms with E-state index >= 15 is 0 Å². The molecule has 7 heteroatoms. The molecule has 0 saturated carbocycles. The summed E-state index contributed by atoms with van der Waals surface area (Å²) in [6.07, 6.45) is -3.14. The zero-order valence-corrected chi connectivity index (χ0v) is 12.6. The van der Waals surface area contributed by atoms with E-state index < -0.39 is 18.3 Å². The summed E-state index contributed by atoms with van der Waals surface area (Å²) in [5.74, 6) is 0.333. The minimum Gasteiger partial charge on any atom is -0.380 e. The normalized spacial score (nSPS) is 30.4. The smallest absolute Gasteiger partial charge is 0.380 e. The second-order valence-electron chi connectivity index (χ2n) is 7.06. The topological polar surface area (TPSA) is 52.6 Å². The molecular formula is C14H23F3N2O2. The molecule has 2 aliphatic heterocycles. The number of piperidine rings is 1. The van der Waals surface area contributed by atoms with E-state index in [2.05, 4.69) is 5.32 Å². The van der Waals surface area contributed by atoms with Gasteiger partial charge in [0, 0.05) is 12.6 Å². The number of halogens is 3. The highest BCUT2D eigenvalue weighted by Gasteiger charge is 2.53. The van der Waals surface area contributed by atoms with E-state index in [0.717, 1.165) is 19.8 Å². The van der Waals surface area contributed by atoms with E-state index in [-0.39, 0.29) is 17.4 Å². The van der Waals surface area contributed by atoms with Gasteiger partial charge in [0.2, 0.25) is 5.91 Å². The summed E-state index contributed by atoms with van der Waals surface area (Å²) in [7, 11) is 0. The highest BCUT2D eigenvalue weighted by molar-refractivity contribution is 5.89.